The number of nitrogens with zero attached hydrogens (tertiary/aromatic N) is 2. The van der Waals surface area contributed by atoms with Gasteiger partial charge in [-0.15, -0.1) is 0 Å². The van der Waals surface area contributed by atoms with Gasteiger partial charge < -0.3 is 9.47 Å². The number of benzene rings is 2. The zero-order chi connectivity index (χ0) is 21.8. The highest BCUT2D eigenvalue weighted by atomic mass is 79.9. The molecule has 0 spiro atoms. The molecule has 1 saturated heterocycles. The Balaban J connectivity index is 1.90. The summed E-state index contributed by atoms with van der Waals surface area (Å²) in [7, 11) is 2.93. The van der Waals surface area contributed by atoms with Gasteiger partial charge in [0.15, 0.2) is 5.17 Å². The summed E-state index contributed by atoms with van der Waals surface area (Å²) in [5, 5.41) is 0.589. The molecule has 1 aliphatic heterocycles. The van der Waals surface area contributed by atoms with Gasteiger partial charge in [0, 0.05) is 6.54 Å². The van der Waals surface area contributed by atoms with Crippen LogP contribution in [0.1, 0.15) is 22.8 Å². The molecule has 9 heteroatoms. The van der Waals surface area contributed by atoms with Gasteiger partial charge in [0.25, 0.3) is 5.91 Å². The maximum atomic E-state index is 12.9. The number of rotatable bonds is 5. The molecule has 0 radical (unpaired) electrons. The van der Waals surface area contributed by atoms with Gasteiger partial charge >= 0.3 is 5.97 Å². The minimum atomic E-state index is -0.406. The highest BCUT2D eigenvalue weighted by Crippen LogP contribution is 2.38. The molecule has 30 heavy (non-hydrogen) atoms. The number of thioether (sulfide) groups is 1. The molecule has 0 atom stereocenters. The minimum absolute atomic E-state index is 0.101. The molecular weight excluding hydrogens is 536 g/mol. The summed E-state index contributed by atoms with van der Waals surface area (Å²) in [6.07, 6.45) is 1.83. The first kappa shape index (κ1) is 22.6. The van der Waals surface area contributed by atoms with E-state index < -0.39 is 5.97 Å². The number of halogens is 2. The van der Waals surface area contributed by atoms with Crippen molar-refractivity contribution < 1.29 is 19.1 Å². The third kappa shape index (κ3) is 4.79. The van der Waals surface area contributed by atoms with Crippen LogP contribution in [0.15, 0.2) is 55.2 Å². The Bertz CT molecular complexity index is 1030. The maximum Gasteiger partial charge on any atom is 0.337 e. The van der Waals surface area contributed by atoms with Gasteiger partial charge in [0.05, 0.1) is 39.3 Å². The summed E-state index contributed by atoms with van der Waals surface area (Å²) in [4.78, 5) is 31.2. The van der Waals surface area contributed by atoms with Crippen LogP contribution in [0.2, 0.25) is 0 Å². The number of hydrogen-bond donors (Lipinski definition) is 0. The minimum Gasteiger partial charge on any atom is -0.494 e. The molecule has 0 unspecified atom stereocenters. The van der Waals surface area contributed by atoms with E-state index in [1.807, 2.05) is 25.1 Å². The van der Waals surface area contributed by atoms with Crippen molar-refractivity contribution in [2.24, 2.45) is 4.99 Å². The van der Waals surface area contributed by atoms with Gasteiger partial charge in [-0.05, 0) is 98.6 Å². The highest BCUT2D eigenvalue weighted by Gasteiger charge is 2.32. The molecule has 2 aromatic rings. The first-order valence-corrected chi connectivity index (χ1v) is 11.3. The number of hydrogen-bond acceptors (Lipinski definition) is 6. The average Bonchev–Trinajstić information content (AvgIpc) is 3.01. The molecule has 6 nitrogen and oxygen atoms in total. The van der Waals surface area contributed by atoms with Crippen LogP contribution >= 0.6 is 43.6 Å². The van der Waals surface area contributed by atoms with Crippen molar-refractivity contribution in [3.63, 3.8) is 0 Å². The first-order valence-electron chi connectivity index (χ1n) is 8.89. The third-order valence-electron chi connectivity index (χ3n) is 4.24. The summed E-state index contributed by atoms with van der Waals surface area (Å²) < 4.78 is 11.6. The van der Waals surface area contributed by atoms with Crippen LogP contribution in [0.4, 0.5) is 5.69 Å². The second-order valence-corrected chi connectivity index (χ2v) is 8.83. The number of ether oxygens (including phenoxy) is 2. The van der Waals surface area contributed by atoms with E-state index in [0.717, 1.165) is 14.5 Å². The Hall–Kier alpha value is -2.10. The maximum absolute atomic E-state index is 12.9. The van der Waals surface area contributed by atoms with E-state index in [-0.39, 0.29) is 5.91 Å². The predicted molar refractivity (Wildman–Crippen MR) is 126 cm³/mol. The van der Waals surface area contributed by atoms with Gasteiger partial charge in [0.2, 0.25) is 0 Å². The Morgan fingerprint density at radius 3 is 2.33 bits per heavy atom. The Morgan fingerprint density at radius 2 is 1.80 bits per heavy atom. The van der Waals surface area contributed by atoms with Crippen molar-refractivity contribution in [2.75, 3.05) is 20.8 Å². The fourth-order valence-electron chi connectivity index (χ4n) is 2.78. The molecule has 0 saturated carbocycles. The van der Waals surface area contributed by atoms with E-state index >= 15 is 0 Å². The van der Waals surface area contributed by atoms with Crippen molar-refractivity contribution in [2.45, 2.75) is 6.92 Å². The third-order valence-corrected chi connectivity index (χ3v) is 6.42. The highest BCUT2D eigenvalue weighted by molar-refractivity contribution is 9.11. The SMILES string of the molecule is CCN1C(=O)/C(=C\c2cc(Br)c(OC)c(Br)c2)SC1=Nc1ccc(C(=O)OC)cc1. The molecule has 1 fully saturated rings. The van der Waals surface area contributed by atoms with Crippen molar-refractivity contribution in [1.29, 1.82) is 0 Å². The van der Waals surface area contributed by atoms with Gasteiger partial charge in [0.1, 0.15) is 5.75 Å². The number of amides is 1. The van der Waals surface area contributed by atoms with Gasteiger partial charge in [-0.3, -0.25) is 9.69 Å². The van der Waals surface area contributed by atoms with E-state index in [4.69, 9.17) is 9.47 Å². The zero-order valence-electron chi connectivity index (χ0n) is 16.4. The lowest BCUT2D eigenvalue weighted by molar-refractivity contribution is -0.122. The molecule has 3 rings (SSSR count). The summed E-state index contributed by atoms with van der Waals surface area (Å²) in [5.74, 6) is 0.183. The van der Waals surface area contributed by atoms with Crippen LogP contribution in [0.5, 0.6) is 5.75 Å². The molecule has 156 valence electrons. The molecule has 1 aliphatic rings. The largest absolute Gasteiger partial charge is 0.494 e. The first-order chi connectivity index (χ1) is 14.4. The molecule has 0 aliphatic carbocycles. The average molecular weight is 554 g/mol. The Morgan fingerprint density at radius 1 is 1.17 bits per heavy atom. The fraction of sp³-hybridized carbons (Fsp3) is 0.190. The summed E-state index contributed by atoms with van der Waals surface area (Å²) in [5.41, 5.74) is 1.94. The smallest absolute Gasteiger partial charge is 0.337 e. The lowest BCUT2D eigenvalue weighted by Gasteiger charge is -2.12. The van der Waals surface area contributed by atoms with E-state index in [1.165, 1.54) is 18.9 Å². The number of carbonyl (C=O) groups excluding carboxylic acids is 2. The van der Waals surface area contributed by atoms with Crippen molar-refractivity contribution in [3.05, 3.63) is 61.4 Å². The normalized spacial score (nSPS) is 16.4. The van der Waals surface area contributed by atoms with Crippen LogP contribution in [-0.2, 0) is 9.53 Å². The van der Waals surface area contributed by atoms with Gasteiger partial charge in [-0.1, -0.05) is 0 Å². The number of likely N-dealkylation sites (N-methyl/N-ethyl adjacent to an activating group) is 1. The lowest BCUT2D eigenvalue weighted by Crippen LogP contribution is -2.28. The van der Waals surface area contributed by atoms with Crippen molar-refractivity contribution in [3.8, 4) is 5.75 Å². The second-order valence-electron chi connectivity index (χ2n) is 6.11. The number of aliphatic imine (C=N–C) groups is 1. The van der Waals surface area contributed by atoms with E-state index in [9.17, 15) is 9.59 Å². The number of amidine groups is 1. The number of esters is 1. The summed E-state index contributed by atoms with van der Waals surface area (Å²) in [6, 6.07) is 10.5. The van der Waals surface area contributed by atoms with Crippen LogP contribution in [0.25, 0.3) is 6.08 Å². The predicted octanol–water partition coefficient (Wildman–Crippen LogP) is 5.63. The van der Waals surface area contributed by atoms with E-state index in [1.54, 1.807) is 36.3 Å². The second kappa shape index (κ2) is 9.80. The number of carbonyl (C=O) groups is 2. The van der Waals surface area contributed by atoms with Crippen LogP contribution in [0, 0.1) is 0 Å². The topological polar surface area (TPSA) is 68.2 Å². The van der Waals surface area contributed by atoms with Crippen LogP contribution in [0.3, 0.4) is 0 Å². The zero-order valence-corrected chi connectivity index (χ0v) is 20.4. The molecule has 1 amide bonds. The van der Waals surface area contributed by atoms with Crippen molar-refractivity contribution >= 4 is 72.4 Å². The quantitative estimate of drug-likeness (QED) is 0.354. The summed E-state index contributed by atoms with van der Waals surface area (Å²) in [6.45, 7) is 2.40. The van der Waals surface area contributed by atoms with Crippen LogP contribution < -0.4 is 4.74 Å². The monoisotopic (exact) mass is 552 g/mol. The molecule has 1 heterocycles. The van der Waals surface area contributed by atoms with Gasteiger partial charge in [-0.25, -0.2) is 9.79 Å². The lowest BCUT2D eigenvalue weighted by atomic mass is 10.2. The van der Waals surface area contributed by atoms with Crippen molar-refractivity contribution in [1.82, 2.24) is 4.90 Å². The molecule has 0 bridgehead atoms. The Kier molecular flexibility index (Phi) is 7.38. The summed E-state index contributed by atoms with van der Waals surface area (Å²) >= 11 is 8.28. The van der Waals surface area contributed by atoms with E-state index in [0.29, 0.717) is 33.6 Å². The molecule has 0 aromatic heterocycles. The molecular formula is C21H18Br2N2O4S. The van der Waals surface area contributed by atoms with E-state index in [2.05, 4.69) is 36.9 Å². The standard InChI is InChI=1S/C21H18Br2N2O4S/c1-4-25-19(26)17(11-12-9-15(22)18(28-2)16(23)10-12)30-21(25)24-14-7-5-13(6-8-14)20(27)29-3/h5-11H,4H2,1-3H3/b17-11+,24-21?. The Labute approximate surface area is 195 Å². The van der Waals surface area contributed by atoms with Gasteiger partial charge in [-0.2, -0.15) is 0 Å². The molecule has 2 aromatic carbocycles. The van der Waals surface area contributed by atoms with Crippen LogP contribution in [-0.4, -0.2) is 42.7 Å². The number of methoxy groups -OCH3 is 2. The fourth-order valence-corrected chi connectivity index (χ4v) is 5.39. The molecule has 0 N–H and O–H groups in total.